The molecule has 0 fully saturated rings. The van der Waals surface area contributed by atoms with Gasteiger partial charge < -0.3 is 19.9 Å². The molecule has 4 atom stereocenters. The Morgan fingerprint density at radius 3 is 2.62 bits per heavy atom. The number of aliphatic carboxylic acids is 1. The first-order valence-electron chi connectivity index (χ1n) is 12.9. The molecule has 0 saturated heterocycles. The highest BCUT2D eigenvalue weighted by Crippen LogP contribution is 2.41. The number of fused-ring (bicyclic) bond motifs is 2. The highest BCUT2D eigenvalue weighted by Gasteiger charge is 2.30. The highest BCUT2D eigenvalue weighted by atomic mass is 16.5. The second-order valence-corrected chi connectivity index (χ2v) is 9.94. The molecule has 0 amide bonds. The third-order valence-electron chi connectivity index (χ3n) is 7.16. The summed E-state index contributed by atoms with van der Waals surface area (Å²) in [6, 6.07) is 29.3. The Hall–Kier alpha value is -3.83. The van der Waals surface area contributed by atoms with E-state index in [1.807, 2.05) is 37.3 Å². The summed E-state index contributed by atoms with van der Waals surface area (Å²) in [5.74, 6) is 0.609. The van der Waals surface area contributed by atoms with E-state index in [1.54, 1.807) is 6.92 Å². The minimum atomic E-state index is -0.981. The number of hydrogen-bond acceptors (Lipinski definition) is 4. The monoisotopic (exact) mass is 495 g/mol. The molecule has 4 aromatic rings. The van der Waals surface area contributed by atoms with Gasteiger partial charge in [0.2, 0.25) is 0 Å². The summed E-state index contributed by atoms with van der Waals surface area (Å²) in [5.41, 5.74) is 4.56. The summed E-state index contributed by atoms with van der Waals surface area (Å²) in [6.07, 6.45) is -0.117. The Labute approximate surface area is 218 Å². The van der Waals surface area contributed by atoms with Crippen LogP contribution in [0.2, 0.25) is 0 Å². The summed E-state index contributed by atoms with van der Waals surface area (Å²) >= 11 is 0. The number of carboxylic acid groups (broad SMARTS) is 1. The molecular formula is C32H33NO4. The van der Waals surface area contributed by atoms with Crippen LogP contribution in [0.4, 0.5) is 0 Å². The third-order valence-corrected chi connectivity index (χ3v) is 7.16. The molecule has 5 rings (SSSR count). The van der Waals surface area contributed by atoms with E-state index < -0.39 is 12.1 Å². The van der Waals surface area contributed by atoms with Gasteiger partial charge in [0.05, 0.1) is 0 Å². The Morgan fingerprint density at radius 1 is 1.03 bits per heavy atom. The number of hydrogen-bond donors (Lipinski definition) is 2. The number of para-hydroxylation sites is 1. The zero-order chi connectivity index (χ0) is 25.9. The molecule has 1 aliphatic rings. The normalized spacial score (nSPS) is 18.5. The van der Waals surface area contributed by atoms with Gasteiger partial charge in [-0.1, -0.05) is 66.7 Å². The molecule has 5 nitrogen and oxygen atoms in total. The number of ether oxygens (including phenoxy) is 2. The standard InChI is InChI=1S/C32H33NO4/c1-20-15-24(17-25(16-20)36-22(3)32(34)35)30-18-26(37-31-14-7-6-12-29(30)31)19-33-21(2)27-13-8-10-23-9-4-5-11-28(23)27/h4-17,21-22,26,30,33H,18-19H2,1-3H3,(H,34,35)/t21-,22?,26-,30+/m1/s1. The summed E-state index contributed by atoms with van der Waals surface area (Å²) < 4.78 is 12.2. The maximum absolute atomic E-state index is 11.3. The smallest absolute Gasteiger partial charge is 0.344 e. The molecule has 1 unspecified atom stereocenters. The highest BCUT2D eigenvalue weighted by molar-refractivity contribution is 5.86. The molecule has 4 aromatic carbocycles. The average Bonchev–Trinajstić information content (AvgIpc) is 2.90. The molecule has 0 radical (unpaired) electrons. The largest absolute Gasteiger partial charge is 0.489 e. The van der Waals surface area contributed by atoms with Crippen molar-refractivity contribution in [3.63, 3.8) is 0 Å². The molecule has 0 aliphatic carbocycles. The molecule has 0 spiro atoms. The Balaban J connectivity index is 1.37. The van der Waals surface area contributed by atoms with Crippen molar-refractivity contribution in [2.45, 2.75) is 51.4 Å². The van der Waals surface area contributed by atoms with Gasteiger partial charge in [0, 0.05) is 24.1 Å². The van der Waals surface area contributed by atoms with Crippen LogP contribution in [0, 0.1) is 6.92 Å². The van der Waals surface area contributed by atoms with Crippen molar-refractivity contribution in [2.24, 2.45) is 0 Å². The lowest BCUT2D eigenvalue weighted by molar-refractivity contribution is -0.144. The van der Waals surface area contributed by atoms with Crippen LogP contribution in [0.5, 0.6) is 11.5 Å². The topological polar surface area (TPSA) is 67.8 Å². The van der Waals surface area contributed by atoms with Crippen LogP contribution in [-0.4, -0.2) is 29.8 Å². The fraction of sp³-hybridized carbons (Fsp3) is 0.281. The third kappa shape index (κ3) is 5.47. The van der Waals surface area contributed by atoms with Crippen LogP contribution in [0.15, 0.2) is 84.9 Å². The lowest BCUT2D eigenvalue weighted by atomic mass is 9.83. The summed E-state index contributed by atoms with van der Waals surface area (Å²) in [7, 11) is 0. The molecule has 0 aromatic heterocycles. The van der Waals surface area contributed by atoms with Gasteiger partial charge in [-0.15, -0.1) is 0 Å². The molecule has 2 N–H and O–H groups in total. The fourth-order valence-corrected chi connectivity index (χ4v) is 5.28. The van der Waals surface area contributed by atoms with Crippen molar-refractivity contribution in [3.8, 4) is 11.5 Å². The molecule has 5 heteroatoms. The minimum absolute atomic E-state index is 0.0137. The molecular weight excluding hydrogens is 462 g/mol. The Bertz CT molecular complexity index is 1410. The molecule has 1 heterocycles. The van der Waals surface area contributed by atoms with E-state index in [0.29, 0.717) is 12.3 Å². The van der Waals surface area contributed by atoms with E-state index in [2.05, 4.69) is 66.8 Å². The maximum atomic E-state index is 11.3. The quantitative estimate of drug-likeness (QED) is 0.287. The second kappa shape index (κ2) is 10.7. The number of benzene rings is 4. The lowest BCUT2D eigenvalue weighted by Crippen LogP contribution is -2.37. The van der Waals surface area contributed by atoms with Crippen molar-refractivity contribution in [2.75, 3.05) is 6.54 Å². The van der Waals surface area contributed by atoms with Gasteiger partial charge in [-0.2, -0.15) is 0 Å². The molecule has 0 bridgehead atoms. The van der Waals surface area contributed by atoms with E-state index >= 15 is 0 Å². The van der Waals surface area contributed by atoms with Crippen LogP contribution in [0.3, 0.4) is 0 Å². The van der Waals surface area contributed by atoms with E-state index in [-0.39, 0.29) is 18.1 Å². The van der Waals surface area contributed by atoms with E-state index in [9.17, 15) is 9.90 Å². The number of nitrogens with one attached hydrogen (secondary N) is 1. The van der Waals surface area contributed by atoms with Crippen molar-refractivity contribution < 1.29 is 19.4 Å². The number of aryl methyl sites for hydroxylation is 1. The molecule has 1 aliphatic heterocycles. The van der Waals surface area contributed by atoms with Gasteiger partial charge in [-0.3, -0.25) is 0 Å². The van der Waals surface area contributed by atoms with Crippen molar-refractivity contribution in [1.29, 1.82) is 0 Å². The number of carbonyl (C=O) groups is 1. The summed E-state index contributed by atoms with van der Waals surface area (Å²) in [5, 5.41) is 15.5. The molecule has 0 saturated carbocycles. The van der Waals surface area contributed by atoms with E-state index in [4.69, 9.17) is 9.47 Å². The maximum Gasteiger partial charge on any atom is 0.344 e. The van der Waals surface area contributed by atoms with Gasteiger partial charge >= 0.3 is 5.97 Å². The number of rotatable bonds is 8. The van der Waals surface area contributed by atoms with Crippen molar-refractivity contribution >= 4 is 16.7 Å². The van der Waals surface area contributed by atoms with Gasteiger partial charge in [0.1, 0.15) is 17.6 Å². The van der Waals surface area contributed by atoms with Crippen LogP contribution in [-0.2, 0) is 4.79 Å². The molecule has 190 valence electrons. The SMILES string of the molecule is Cc1cc(OC(C)C(=O)O)cc([C@@H]2C[C@H](CN[C@H](C)c3cccc4ccccc34)Oc3ccccc32)c1. The van der Waals surface area contributed by atoms with Crippen LogP contribution >= 0.6 is 0 Å². The Morgan fingerprint density at radius 2 is 1.78 bits per heavy atom. The Kier molecular flexibility index (Phi) is 7.15. The van der Waals surface area contributed by atoms with Crippen LogP contribution < -0.4 is 14.8 Å². The van der Waals surface area contributed by atoms with E-state index in [0.717, 1.165) is 28.9 Å². The van der Waals surface area contributed by atoms with Crippen LogP contribution in [0.1, 0.15) is 54.5 Å². The predicted octanol–water partition coefficient (Wildman–Crippen LogP) is 6.63. The van der Waals surface area contributed by atoms with Crippen molar-refractivity contribution in [1.82, 2.24) is 5.32 Å². The first kappa shape index (κ1) is 24.8. The van der Waals surface area contributed by atoms with E-state index in [1.165, 1.54) is 16.3 Å². The zero-order valence-corrected chi connectivity index (χ0v) is 21.5. The lowest BCUT2D eigenvalue weighted by Gasteiger charge is -2.34. The average molecular weight is 496 g/mol. The van der Waals surface area contributed by atoms with Crippen molar-refractivity contribution in [3.05, 3.63) is 107 Å². The predicted molar refractivity (Wildman–Crippen MR) is 147 cm³/mol. The second-order valence-electron chi connectivity index (χ2n) is 9.94. The summed E-state index contributed by atoms with van der Waals surface area (Å²) in [6.45, 7) is 6.47. The van der Waals surface area contributed by atoms with Gasteiger partial charge in [0.25, 0.3) is 0 Å². The van der Waals surface area contributed by atoms with Gasteiger partial charge in [0.15, 0.2) is 6.10 Å². The first-order chi connectivity index (χ1) is 17.9. The van der Waals surface area contributed by atoms with Gasteiger partial charge in [-0.25, -0.2) is 4.79 Å². The van der Waals surface area contributed by atoms with Crippen LogP contribution in [0.25, 0.3) is 10.8 Å². The zero-order valence-electron chi connectivity index (χ0n) is 21.5. The summed E-state index contributed by atoms with van der Waals surface area (Å²) in [4.78, 5) is 11.3. The minimum Gasteiger partial charge on any atom is -0.489 e. The number of carboxylic acids is 1. The van der Waals surface area contributed by atoms with Gasteiger partial charge in [-0.05, 0) is 72.9 Å². The fourth-order valence-electron chi connectivity index (χ4n) is 5.28. The first-order valence-corrected chi connectivity index (χ1v) is 12.9. The molecule has 37 heavy (non-hydrogen) atoms.